The van der Waals surface area contributed by atoms with E-state index in [1.54, 1.807) is 32.0 Å². The quantitative estimate of drug-likeness (QED) is 0.153. The van der Waals surface area contributed by atoms with Crippen molar-refractivity contribution in [3.05, 3.63) is 88.2 Å². The number of hydrogen-bond acceptors (Lipinski definition) is 10. The number of rotatable bonds is 13. The van der Waals surface area contributed by atoms with Gasteiger partial charge in [0.1, 0.15) is 22.6 Å². The Labute approximate surface area is 270 Å². The summed E-state index contributed by atoms with van der Waals surface area (Å²) in [6.45, 7) is 2.33. The van der Waals surface area contributed by atoms with E-state index in [1.807, 2.05) is 0 Å². The summed E-state index contributed by atoms with van der Waals surface area (Å²) >= 11 is 0. The number of methoxy groups -OCH3 is 3. The number of likely N-dealkylation sites (tertiary alicyclic amines) is 1. The SMILES string of the molecule is COCOc1ccc(OC)c(F)c1C(=O)C1(NC(=O)c2cc(C)c(OCOC)c(C)c2)CC(OC(=O)c2ccccc2)N(C(=O)O)C1. The predicted octanol–water partition coefficient (Wildman–Crippen LogP) is 4.33. The van der Waals surface area contributed by atoms with Gasteiger partial charge >= 0.3 is 12.1 Å². The molecule has 0 saturated carbocycles. The van der Waals surface area contributed by atoms with Gasteiger partial charge in [0.05, 0.1) is 19.2 Å². The zero-order valence-electron chi connectivity index (χ0n) is 26.5. The minimum absolute atomic E-state index is 0.0292. The van der Waals surface area contributed by atoms with Gasteiger partial charge in [-0.1, -0.05) is 18.2 Å². The summed E-state index contributed by atoms with van der Waals surface area (Å²) in [6, 6.07) is 13.4. The van der Waals surface area contributed by atoms with Gasteiger partial charge in [-0.2, -0.15) is 0 Å². The van der Waals surface area contributed by atoms with Crippen LogP contribution in [0.5, 0.6) is 17.2 Å². The van der Waals surface area contributed by atoms with Crippen LogP contribution in [0.3, 0.4) is 0 Å². The monoisotopic (exact) mass is 654 g/mol. The lowest BCUT2D eigenvalue weighted by Crippen LogP contribution is -2.57. The van der Waals surface area contributed by atoms with Gasteiger partial charge in [-0.3, -0.25) is 14.5 Å². The van der Waals surface area contributed by atoms with Crippen molar-refractivity contribution in [3.63, 3.8) is 0 Å². The molecule has 4 rings (SSSR count). The highest BCUT2D eigenvalue weighted by atomic mass is 19.1. The number of carbonyl (C=O) groups excluding carboxylic acids is 3. The van der Waals surface area contributed by atoms with Gasteiger partial charge in [-0.05, 0) is 61.4 Å². The Bertz CT molecular complexity index is 1630. The molecule has 0 radical (unpaired) electrons. The van der Waals surface area contributed by atoms with Crippen molar-refractivity contribution in [2.24, 2.45) is 0 Å². The first kappa shape index (κ1) is 34.7. The molecular formula is C33H35FN2O11. The zero-order chi connectivity index (χ0) is 34.3. The highest BCUT2D eigenvalue weighted by Gasteiger charge is 2.55. The predicted molar refractivity (Wildman–Crippen MR) is 163 cm³/mol. The number of benzene rings is 3. The van der Waals surface area contributed by atoms with Crippen LogP contribution in [0.4, 0.5) is 9.18 Å². The van der Waals surface area contributed by atoms with Crippen molar-refractivity contribution >= 4 is 23.8 Å². The lowest BCUT2D eigenvalue weighted by molar-refractivity contribution is -0.00847. The summed E-state index contributed by atoms with van der Waals surface area (Å²) in [5, 5.41) is 12.8. The van der Waals surface area contributed by atoms with Crippen LogP contribution >= 0.6 is 0 Å². The van der Waals surface area contributed by atoms with Crippen LogP contribution in [0.25, 0.3) is 0 Å². The number of esters is 1. The van der Waals surface area contributed by atoms with Gasteiger partial charge in [0.25, 0.3) is 5.91 Å². The van der Waals surface area contributed by atoms with Gasteiger partial charge in [-0.15, -0.1) is 0 Å². The normalized spacial score (nSPS) is 17.1. The molecule has 14 heteroatoms. The highest BCUT2D eigenvalue weighted by Crippen LogP contribution is 2.38. The van der Waals surface area contributed by atoms with E-state index in [1.165, 1.54) is 57.7 Å². The van der Waals surface area contributed by atoms with E-state index in [4.69, 9.17) is 28.4 Å². The average molecular weight is 655 g/mol. The molecule has 0 bridgehead atoms. The van der Waals surface area contributed by atoms with E-state index in [0.717, 1.165) is 0 Å². The highest BCUT2D eigenvalue weighted by molar-refractivity contribution is 6.10. The molecule has 0 aromatic heterocycles. The molecule has 2 amide bonds. The number of ether oxygens (including phenoxy) is 6. The van der Waals surface area contributed by atoms with Crippen molar-refractivity contribution in [2.75, 3.05) is 41.5 Å². The largest absolute Gasteiger partial charge is 0.494 e. The Morgan fingerprint density at radius 1 is 0.915 bits per heavy atom. The Kier molecular flexibility index (Phi) is 11.0. The summed E-state index contributed by atoms with van der Waals surface area (Å²) in [5.74, 6) is -3.89. The van der Waals surface area contributed by atoms with E-state index in [0.29, 0.717) is 21.8 Å². The first-order valence-corrected chi connectivity index (χ1v) is 14.3. The van der Waals surface area contributed by atoms with Crippen molar-refractivity contribution < 1.29 is 57.1 Å². The average Bonchev–Trinajstić information content (AvgIpc) is 3.42. The molecule has 1 heterocycles. The summed E-state index contributed by atoms with van der Waals surface area (Å²) in [6.07, 6.45) is -3.65. The maximum Gasteiger partial charge on any atom is 0.410 e. The van der Waals surface area contributed by atoms with Gasteiger partial charge in [0.2, 0.25) is 0 Å². The van der Waals surface area contributed by atoms with Crippen LogP contribution in [0.2, 0.25) is 0 Å². The fourth-order valence-electron chi connectivity index (χ4n) is 5.35. The number of nitrogens with one attached hydrogen (secondary N) is 1. The fraction of sp³-hybridized carbons (Fsp3) is 0.333. The van der Waals surface area contributed by atoms with E-state index < -0.39 is 59.9 Å². The third-order valence-electron chi connectivity index (χ3n) is 7.49. The Balaban J connectivity index is 1.82. The molecule has 3 aromatic rings. The molecular weight excluding hydrogens is 619 g/mol. The smallest absolute Gasteiger partial charge is 0.410 e. The lowest BCUT2D eigenvalue weighted by atomic mass is 9.86. The second-order valence-corrected chi connectivity index (χ2v) is 10.7. The van der Waals surface area contributed by atoms with E-state index in [2.05, 4.69) is 5.32 Å². The van der Waals surface area contributed by atoms with Gasteiger partial charge in [0.15, 0.2) is 37.2 Å². The number of amides is 2. The molecule has 250 valence electrons. The van der Waals surface area contributed by atoms with E-state index >= 15 is 4.39 Å². The number of nitrogens with zero attached hydrogens (tertiary/aromatic N) is 1. The maximum absolute atomic E-state index is 15.9. The molecule has 2 unspecified atom stereocenters. The summed E-state index contributed by atoms with van der Waals surface area (Å²) in [7, 11) is 3.99. The van der Waals surface area contributed by atoms with Crippen molar-refractivity contribution in [2.45, 2.75) is 32.0 Å². The first-order valence-electron chi connectivity index (χ1n) is 14.3. The molecule has 1 aliphatic heterocycles. The van der Waals surface area contributed by atoms with Gasteiger partial charge < -0.3 is 38.8 Å². The zero-order valence-corrected chi connectivity index (χ0v) is 26.5. The molecule has 0 spiro atoms. The molecule has 2 N–H and O–H groups in total. The van der Waals surface area contributed by atoms with Crippen molar-refractivity contribution in [3.8, 4) is 17.2 Å². The fourth-order valence-corrected chi connectivity index (χ4v) is 5.35. The Hall–Kier alpha value is -5.21. The third kappa shape index (κ3) is 7.45. The summed E-state index contributed by atoms with van der Waals surface area (Å²) < 4.78 is 47.6. The van der Waals surface area contributed by atoms with Crippen LogP contribution in [-0.2, 0) is 14.2 Å². The van der Waals surface area contributed by atoms with Crippen LogP contribution in [0.1, 0.15) is 48.6 Å². The third-order valence-corrected chi connectivity index (χ3v) is 7.49. The number of aryl methyl sites for hydroxylation is 2. The Morgan fingerprint density at radius 2 is 1.53 bits per heavy atom. The number of hydrogen-bond donors (Lipinski definition) is 2. The number of carboxylic acid groups (broad SMARTS) is 1. The molecule has 1 saturated heterocycles. The Morgan fingerprint density at radius 3 is 2.13 bits per heavy atom. The van der Waals surface area contributed by atoms with Crippen LogP contribution in [0, 0.1) is 19.7 Å². The number of Topliss-reactive ketones (excluding diaryl/α,β-unsaturated/α-hetero) is 1. The summed E-state index contributed by atoms with van der Waals surface area (Å²) in [5.41, 5.74) is -1.39. The number of carbonyl (C=O) groups is 4. The van der Waals surface area contributed by atoms with Gasteiger partial charge in [-0.25, -0.2) is 14.0 Å². The molecule has 1 aliphatic rings. The van der Waals surface area contributed by atoms with Crippen LogP contribution in [-0.4, -0.2) is 87.0 Å². The minimum Gasteiger partial charge on any atom is -0.494 e. The second kappa shape index (κ2) is 14.9. The number of ketones is 1. The molecule has 3 aromatic carbocycles. The molecule has 13 nitrogen and oxygen atoms in total. The molecule has 2 atom stereocenters. The van der Waals surface area contributed by atoms with E-state index in [9.17, 15) is 24.3 Å². The molecule has 0 aliphatic carbocycles. The second-order valence-electron chi connectivity index (χ2n) is 10.7. The van der Waals surface area contributed by atoms with Crippen LogP contribution in [0.15, 0.2) is 54.6 Å². The molecule has 47 heavy (non-hydrogen) atoms. The molecule has 1 fully saturated rings. The van der Waals surface area contributed by atoms with Gasteiger partial charge in [0, 0.05) is 26.2 Å². The minimum atomic E-state index is -2.15. The topological polar surface area (TPSA) is 159 Å². The maximum atomic E-state index is 15.9. The van der Waals surface area contributed by atoms with Crippen LogP contribution < -0.4 is 19.5 Å². The first-order chi connectivity index (χ1) is 22.5. The standard InChI is InChI=1S/C33H35FN2O11/c1-19-13-22(14-20(2)28(19)46-18-43-4)30(38)35-33(29(37)26-23(45-17-42-3)11-12-24(44-5)27(26)34)15-25(36(16-33)32(40)41)47-31(39)21-9-7-6-8-10-21/h6-14,25H,15-18H2,1-5H3,(H,35,38)(H,40,41). The lowest BCUT2D eigenvalue weighted by Gasteiger charge is -2.29. The van der Waals surface area contributed by atoms with E-state index in [-0.39, 0.29) is 36.2 Å². The number of halogens is 1. The summed E-state index contributed by atoms with van der Waals surface area (Å²) in [4.78, 5) is 54.6. The van der Waals surface area contributed by atoms with Crippen molar-refractivity contribution in [1.82, 2.24) is 10.2 Å². The van der Waals surface area contributed by atoms with Crippen molar-refractivity contribution in [1.29, 1.82) is 0 Å².